The van der Waals surface area contributed by atoms with Crippen molar-refractivity contribution in [3.8, 4) is 5.75 Å². The number of hydrogen-bond donors (Lipinski definition) is 1. The van der Waals surface area contributed by atoms with Crippen LogP contribution in [0.4, 0.5) is 0 Å². The van der Waals surface area contributed by atoms with E-state index in [0.29, 0.717) is 6.04 Å². The van der Waals surface area contributed by atoms with Crippen LogP contribution in [-0.4, -0.2) is 19.2 Å². The summed E-state index contributed by atoms with van der Waals surface area (Å²) in [5, 5.41) is 3.60. The molecule has 0 heterocycles. The SMILES string of the molecule is CCCNC(CC)CCc1ccc(OCCC)cc1. The Morgan fingerprint density at radius 2 is 1.79 bits per heavy atom. The maximum absolute atomic E-state index is 5.60. The van der Waals surface area contributed by atoms with Crippen molar-refractivity contribution in [1.82, 2.24) is 5.32 Å². The smallest absolute Gasteiger partial charge is 0.119 e. The summed E-state index contributed by atoms with van der Waals surface area (Å²) in [5.74, 6) is 0.988. The maximum atomic E-state index is 5.60. The van der Waals surface area contributed by atoms with E-state index in [0.717, 1.165) is 31.7 Å². The van der Waals surface area contributed by atoms with Crippen molar-refractivity contribution in [1.29, 1.82) is 0 Å². The summed E-state index contributed by atoms with van der Waals surface area (Å²) in [7, 11) is 0. The predicted molar refractivity (Wildman–Crippen MR) is 82.9 cm³/mol. The van der Waals surface area contributed by atoms with Gasteiger partial charge in [-0.2, -0.15) is 0 Å². The molecule has 19 heavy (non-hydrogen) atoms. The van der Waals surface area contributed by atoms with Crippen LogP contribution in [0.5, 0.6) is 5.75 Å². The number of benzene rings is 1. The minimum absolute atomic E-state index is 0.649. The average molecular weight is 263 g/mol. The van der Waals surface area contributed by atoms with Gasteiger partial charge < -0.3 is 10.1 Å². The van der Waals surface area contributed by atoms with Gasteiger partial charge in [-0.3, -0.25) is 0 Å². The molecule has 1 N–H and O–H groups in total. The molecule has 2 heteroatoms. The third-order valence-corrected chi connectivity index (χ3v) is 3.35. The van der Waals surface area contributed by atoms with E-state index in [1.54, 1.807) is 0 Å². The lowest BCUT2D eigenvalue weighted by Crippen LogP contribution is -2.29. The summed E-state index contributed by atoms with van der Waals surface area (Å²) in [6, 6.07) is 9.21. The van der Waals surface area contributed by atoms with Gasteiger partial charge in [0.25, 0.3) is 0 Å². The Labute approximate surface area is 118 Å². The predicted octanol–water partition coefficient (Wildman–Crippen LogP) is 4.19. The van der Waals surface area contributed by atoms with E-state index >= 15 is 0 Å². The van der Waals surface area contributed by atoms with E-state index in [1.165, 1.54) is 24.8 Å². The Balaban J connectivity index is 2.35. The highest BCUT2D eigenvalue weighted by molar-refractivity contribution is 5.27. The molecule has 0 fully saturated rings. The van der Waals surface area contributed by atoms with Gasteiger partial charge in [0, 0.05) is 6.04 Å². The van der Waals surface area contributed by atoms with Gasteiger partial charge in [-0.15, -0.1) is 0 Å². The van der Waals surface area contributed by atoms with E-state index in [4.69, 9.17) is 4.74 Å². The van der Waals surface area contributed by atoms with Gasteiger partial charge in [-0.25, -0.2) is 0 Å². The zero-order chi connectivity index (χ0) is 13.9. The quantitative estimate of drug-likeness (QED) is 0.683. The van der Waals surface area contributed by atoms with Crippen LogP contribution >= 0.6 is 0 Å². The van der Waals surface area contributed by atoms with Gasteiger partial charge >= 0.3 is 0 Å². The molecule has 1 aromatic carbocycles. The van der Waals surface area contributed by atoms with E-state index in [1.807, 2.05) is 0 Å². The molecule has 1 atom stereocenters. The van der Waals surface area contributed by atoms with E-state index in [9.17, 15) is 0 Å². The highest BCUT2D eigenvalue weighted by atomic mass is 16.5. The number of nitrogens with one attached hydrogen (secondary N) is 1. The fourth-order valence-electron chi connectivity index (χ4n) is 2.11. The number of aryl methyl sites for hydroxylation is 1. The first-order valence-corrected chi connectivity index (χ1v) is 7.75. The van der Waals surface area contributed by atoms with Gasteiger partial charge in [0.05, 0.1) is 6.61 Å². The molecule has 0 saturated heterocycles. The fourth-order valence-corrected chi connectivity index (χ4v) is 2.11. The topological polar surface area (TPSA) is 21.3 Å². The first-order valence-electron chi connectivity index (χ1n) is 7.75. The van der Waals surface area contributed by atoms with Gasteiger partial charge in [0.2, 0.25) is 0 Å². The lowest BCUT2D eigenvalue weighted by Gasteiger charge is -2.16. The molecule has 0 aliphatic rings. The molecule has 0 aromatic heterocycles. The summed E-state index contributed by atoms with van der Waals surface area (Å²) < 4.78 is 5.60. The van der Waals surface area contributed by atoms with Gasteiger partial charge in [-0.05, 0) is 56.3 Å². The standard InChI is InChI=1S/C17H29NO/c1-4-13-18-16(6-3)10-7-15-8-11-17(12-9-15)19-14-5-2/h8-9,11-12,16,18H,4-7,10,13-14H2,1-3H3. The zero-order valence-electron chi connectivity index (χ0n) is 12.7. The molecule has 0 amide bonds. The van der Waals surface area contributed by atoms with Crippen molar-refractivity contribution >= 4 is 0 Å². The van der Waals surface area contributed by atoms with Crippen LogP contribution in [0.1, 0.15) is 52.0 Å². The van der Waals surface area contributed by atoms with Gasteiger partial charge in [-0.1, -0.05) is 32.9 Å². The van der Waals surface area contributed by atoms with E-state index < -0.39 is 0 Å². The molecular weight excluding hydrogens is 234 g/mol. The number of rotatable bonds is 10. The number of ether oxygens (including phenoxy) is 1. The zero-order valence-corrected chi connectivity index (χ0v) is 12.7. The monoisotopic (exact) mass is 263 g/mol. The van der Waals surface area contributed by atoms with Crippen molar-refractivity contribution in [2.45, 2.75) is 58.9 Å². The maximum Gasteiger partial charge on any atom is 0.119 e. The molecule has 0 spiro atoms. The average Bonchev–Trinajstić information content (AvgIpc) is 2.46. The largest absolute Gasteiger partial charge is 0.494 e. The summed E-state index contributed by atoms with van der Waals surface area (Å²) in [4.78, 5) is 0. The summed E-state index contributed by atoms with van der Waals surface area (Å²) >= 11 is 0. The molecular formula is C17H29NO. The van der Waals surface area contributed by atoms with Crippen LogP contribution in [0.3, 0.4) is 0 Å². The lowest BCUT2D eigenvalue weighted by molar-refractivity contribution is 0.317. The molecule has 1 rings (SSSR count). The second-order valence-electron chi connectivity index (χ2n) is 5.09. The highest BCUT2D eigenvalue weighted by Crippen LogP contribution is 2.14. The van der Waals surface area contributed by atoms with E-state index in [-0.39, 0.29) is 0 Å². The highest BCUT2D eigenvalue weighted by Gasteiger charge is 2.05. The Morgan fingerprint density at radius 3 is 2.37 bits per heavy atom. The molecule has 108 valence electrons. The third-order valence-electron chi connectivity index (χ3n) is 3.35. The van der Waals surface area contributed by atoms with E-state index in [2.05, 4.69) is 50.4 Å². The summed E-state index contributed by atoms with van der Waals surface area (Å²) in [5.41, 5.74) is 1.40. The van der Waals surface area contributed by atoms with Crippen LogP contribution in [0.25, 0.3) is 0 Å². The first kappa shape index (κ1) is 16.0. The Kier molecular flexibility index (Phi) is 8.31. The molecule has 0 saturated carbocycles. The second kappa shape index (κ2) is 9.85. The normalized spacial score (nSPS) is 12.4. The van der Waals surface area contributed by atoms with Crippen LogP contribution < -0.4 is 10.1 Å². The van der Waals surface area contributed by atoms with Crippen molar-refractivity contribution in [2.24, 2.45) is 0 Å². The Morgan fingerprint density at radius 1 is 1.05 bits per heavy atom. The third kappa shape index (κ3) is 6.63. The van der Waals surface area contributed by atoms with Crippen molar-refractivity contribution in [3.63, 3.8) is 0 Å². The Bertz CT molecular complexity index is 321. The lowest BCUT2D eigenvalue weighted by atomic mass is 10.0. The minimum atomic E-state index is 0.649. The molecule has 1 aromatic rings. The van der Waals surface area contributed by atoms with Crippen LogP contribution in [0.15, 0.2) is 24.3 Å². The van der Waals surface area contributed by atoms with Gasteiger partial charge in [0.1, 0.15) is 5.75 Å². The molecule has 2 nitrogen and oxygen atoms in total. The molecule has 1 unspecified atom stereocenters. The van der Waals surface area contributed by atoms with Crippen molar-refractivity contribution in [3.05, 3.63) is 29.8 Å². The summed E-state index contributed by atoms with van der Waals surface area (Å²) in [6.07, 6.45) is 5.83. The van der Waals surface area contributed by atoms with Crippen molar-refractivity contribution < 1.29 is 4.74 Å². The molecule has 0 bridgehead atoms. The number of hydrogen-bond acceptors (Lipinski definition) is 2. The van der Waals surface area contributed by atoms with Crippen LogP contribution in [0.2, 0.25) is 0 Å². The van der Waals surface area contributed by atoms with Crippen LogP contribution in [-0.2, 0) is 6.42 Å². The second-order valence-corrected chi connectivity index (χ2v) is 5.09. The molecule has 0 aliphatic carbocycles. The van der Waals surface area contributed by atoms with Crippen molar-refractivity contribution in [2.75, 3.05) is 13.2 Å². The minimum Gasteiger partial charge on any atom is -0.494 e. The fraction of sp³-hybridized carbons (Fsp3) is 0.647. The Hall–Kier alpha value is -1.02. The molecule has 0 radical (unpaired) electrons. The van der Waals surface area contributed by atoms with Gasteiger partial charge in [0.15, 0.2) is 0 Å². The summed E-state index contributed by atoms with van der Waals surface area (Å²) in [6.45, 7) is 8.53. The van der Waals surface area contributed by atoms with Crippen LogP contribution in [0, 0.1) is 0 Å². The molecule has 0 aliphatic heterocycles. The first-order chi connectivity index (χ1) is 9.30.